The Morgan fingerprint density at radius 3 is 2.92 bits per heavy atom. The van der Waals surface area contributed by atoms with Crippen molar-refractivity contribution in [1.82, 2.24) is 0 Å². The molecule has 0 spiro atoms. The Morgan fingerprint density at radius 1 is 1.58 bits per heavy atom. The van der Waals surface area contributed by atoms with Crippen LogP contribution in [0.15, 0.2) is 37.1 Å². The van der Waals surface area contributed by atoms with Crippen LogP contribution in [0, 0.1) is 0 Å². The standard InChI is InChI=1S/C10H16O2/c1-3-5-7-9-12-10(11)8-6-4-2/h4,6-11H,2-3,5H2,1H3. The number of unbranched alkanes of at least 4 members (excludes halogenated alkanes) is 1. The lowest BCUT2D eigenvalue weighted by molar-refractivity contribution is -0.0113. The first-order valence-corrected chi connectivity index (χ1v) is 4.09. The molecule has 0 aliphatic rings. The fourth-order valence-electron chi connectivity index (χ4n) is 0.590. The van der Waals surface area contributed by atoms with E-state index in [1.165, 1.54) is 12.3 Å². The van der Waals surface area contributed by atoms with E-state index in [-0.39, 0.29) is 0 Å². The van der Waals surface area contributed by atoms with Crippen molar-refractivity contribution in [3.8, 4) is 0 Å². The van der Waals surface area contributed by atoms with E-state index in [4.69, 9.17) is 9.84 Å². The predicted octanol–water partition coefficient (Wildman–Crippen LogP) is 2.38. The maximum absolute atomic E-state index is 9.07. The summed E-state index contributed by atoms with van der Waals surface area (Å²) in [5, 5.41) is 9.07. The molecular formula is C10H16O2. The number of hydrogen-bond acceptors (Lipinski definition) is 2. The monoisotopic (exact) mass is 168 g/mol. The summed E-state index contributed by atoms with van der Waals surface area (Å²) in [5.74, 6) is 0. The minimum Gasteiger partial charge on any atom is -0.469 e. The van der Waals surface area contributed by atoms with Crippen LogP contribution >= 0.6 is 0 Å². The van der Waals surface area contributed by atoms with Gasteiger partial charge in [-0.1, -0.05) is 32.1 Å². The van der Waals surface area contributed by atoms with Gasteiger partial charge in [-0.3, -0.25) is 0 Å². The molecule has 0 saturated carbocycles. The van der Waals surface area contributed by atoms with Crippen LogP contribution in [0.25, 0.3) is 0 Å². The third-order valence-corrected chi connectivity index (χ3v) is 1.18. The fourth-order valence-corrected chi connectivity index (χ4v) is 0.590. The number of allylic oxidation sites excluding steroid dienone is 3. The molecule has 0 aliphatic carbocycles. The van der Waals surface area contributed by atoms with Gasteiger partial charge < -0.3 is 9.84 Å². The van der Waals surface area contributed by atoms with Crippen molar-refractivity contribution in [2.75, 3.05) is 0 Å². The van der Waals surface area contributed by atoms with Crippen LogP contribution in [0.1, 0.15) is 19.8 Å². The highest BCUT2D eigenvalue weighted by Gasteiger charge is 1.91. The van der Waals surface area contributed by atoms with Crippen molar-refractivity contribution in [1.29, 1.82) is 0 Å². The molecular weight excluding hydrogens is 152 g/mol. The highest BCUT2D eigenvalue weighted by atomic mass is 16.6. The summed E-state index contributed by atoms with van der Waals surface area (Å²) in [7, 11) is 0. The van der Waals surface area contributed by atoms with Crippen LogP contribution in [0.3, 0.4) is 0 Å². The van der Waals surface area contributed by atoms with E-state index in [0.29, 0.717) is 0 Å². The molecule has 1 N–H and O–H groups in total. The van der Waals surface area contributed by atoms with Gasteiger partial charge in [0.1, 0.15) is 0 Å². The van der Waals surface area contributed by atoms with Gasteiger partial charge in [-0.25, -0.2) is 0 Å². The SMILES string of the molecule is C=CC=CC(O)OC=CCCC. The Bertz CT molecular complexity index is 159. The first-order chi connectivity index (χ1) is 5.81. The molecule has 0 aromatic heterocycles. The van der Waals surface area contributed by atoms with Crippen LogP contribution < -0.4 is 0 Å². The van der Waals surface area contributed by atoms with Gasteiger partial charge >= 0.3 is 0 Å². The molecule has 1 atom stereocenters. The molecule has 0 heterocycles. The topological polar surface area (TPSA) is 29.5 Å². The quantitative estimate of drug-likeness (QED) is 0.375. The van der Waals surface area contributed by atoms with Crippen LogP contribution in [-0.2, 0) is 4.74 Å². The maximum Gasteiger partial charge on any atom is 0.216 e. The zero-order valence-corrected chi connectivity index (χ0v) is 7.44. The van der Waals surface area contributed by atoms with Crippen LogP contribution in [0.5, 0.6) is 0 Å². The van der Waals surface area contributed by atoms with Crippen molar-refractivity contribution in [3.63, 3.8) is 0 Å². The van der Waals surface area contributed by atoms with Crippen molar-refractivity contribution >= 4 is 0 Å². The Morgan fingerprint density at radius 2 is 2.33 bits per heavy atom. The van der Waals surface area contributed by atoms with E-state index in [1.54, 1.807) is 12.2 Å². The van der Waals surface area contributed by atoms with Gasteiger partial charge in [-0.2, -0.15) is 0 Å². The summed E-state index contributed by atoms with van der Waals surface area (Å²) < 4.78 is 4.89. The molecule has 1 unspecified atom stereocenters. The maximum atomic E-state index is 9.07. The summed E-state index contributed by atoms with van der Waals surface area (Å²) in [5.41, 5.74) is 0. The summed E-state index contributed by atoms with van der Waals surface area (Å²) in [4.78, 5) is 0. The van der Waals surface area contributed by atoms with Gasteiger partial charge in [0.2, 0.25) is 6.29 Å². The minimum atomic E-state index is -0.865. The summed E-state index contributed by atoms with van der Waals surface area (Å²) in [6.45, 7) is 5.55. The van der Waals surface area contributed by atoms with Gasteiger partial charge in [0.05, 0.1) is 6.26 Å². The van der Waals surface area contributed by atoms with E-state index >= 15 is 0 Å². The van der Waals surface area contributed by atoms with Gasteiger partial charge in [0, 0.05) is 0 Å². The molecule has 0 aromatic rings. The van der Waals surface area contributed by atoms with E-state index in [2.05, 4.69) is 13.5 Å². The van der Waals surface area contributed by atoms with E-state index in [1.807, 2.05) is 6.08 Å². The molecule has 2 heteroatoms. The number of aliphatic hydroxyl groups is 1. The Labute approximate surface area is 73.9 Å². The molecule has 0 fully saturated rings. The lowest BCUT2D eigenvalue weighted by Crippen LogP contribution is -2.02. The molecule has 68 valence electrons. The number of ether oxygens (including phenoxy) is 1. The third-order valence-electron chi connectivity index (χ3n) is 1.18. The molecule has 2 nitrogen and oxygen atoms in total. The molecule has 0 bridgehead atoms. The highest BCUT2D eigenvalue weighted by Crippen LogP contribution is 1.94. The molecule has 0 rings (SSSR count). The zero-order valence-electron chi connectivity index (χ0n) is 7.44. The fraction of sp³-hybridized carbons (Fsp3) is 0.400. The van der Waals surface area contributed by atoms with Crippen molar-refractivity contribution < 1.29 is 9.84 Å². The number of aliphatic hydroxyl groups excluding tert-OH is 1. The van der Waals surface area contributed by atoms with Gasteiger partial charge in [-0.05, 0) is 18.6 Å². The number of rotatable bonds is 6. The van der Waals surface area contributed by atoms with E-state index < -0.39 is 6.29 Å². The van der Waals surface area contributed by atoms with E-state index in [9.17, 15) is 0 Å². The third kappa shape index (κ3) is 7.09. The number of hydrogen-bond donors (Lipinski definition) is 1. The lowest BCUT2D eigenvalue weighted by atomic mass is 10.3. The molecule has 0 saturated heterocycles. The second-order valence-electron chi connectivity index (χ2n) is 2.31. The van der Waals surface area contributed by atoms with Crippen LogP contribution in [-0.4, -0.2) is 11.4 Å². The van der Waals surface area contributed by atoms with Crippen LogP contribution in [0.2, 0.25) is 0 Å². The Kier molecular flexibility index (Phi) is 7.39. The zero-order chi connectivity index (χ0) is 9.23. The highest BCUT2D eigenvalue weighted by molar-refractivity contribution is 4.98. The first kappa shape index (κ1) is 11.0. The molecule has 12 heavy (non-hydrogen) atoms. The normalized spacial score (nSPS) is 13.8. The Hall–Kier alpha value is -1.02. The summed E-state index contributed by atoms with van der Waals surface area (Å²) in [6, 6.07) is 0. The predicted molar refractivity (Wildman–Crippen MR) is 50.5 cm³/mol. The second kappa shape index (κ2) is 8.08. The summed E-state index contributed by atoms with van der Waals surface area (Å²) in [6.07, 6.45) is 9.32. The summed E-state index contributed by atoms with van der Waals surface area (Å²) >= 11 is 0. The molecule has 0 aromatic carbocycles. The van der Waals surface area contributed by atoms with Gasteiger partial charge in [-0.15, -0.1) is 0 Å². The first-order valence-electron chi connectivity index (χ1n) is 4.09. The molecule has 0 radical (unpaired) electrons. The van der Waals surface area contributed by atoms with Crippen LogP contribution in [0.4, 0.5) is 0 Å². The van der Waals surface area contributed by atoms with Crippen molar-refractivity contribution in [2.45, 2.75) is 26.1 Å². The Balaban J connectivity index is 3.48. The second-order valence-corrected chi connectivity index (χ2v) is 2.31. The van der Waals surface area contributed by atoms with E-state index in [0.717, 1.165) is 12.8 Å². The average molecular weight is 168 g/mol. The average Bonchev–Trinajstić information content (AvgIpc) is 2.09. The molecule has 0 amide bonds. The smallest absolute Gasteiger partial charge is 0.216 e. The van der Waals surface area contributed by atoms with Crippen molar-refractivity contribution in [2.24, 2.45) is 0 Å². The van der Waals surface area contributed by atoms with Crippen molar-refractivity contribution in [3.05, 3.63) is 37.1 Å². The van der Waals surface area contributed by atoms with Gasteiger partial charge in [0.15, 0.2) is 0 Å². The minimum absolute atomic E-state index is 0.865. The largest absolute Gasteiger partial charge is 0.469 e. The molecule has 0 aliphatic heterocycles. The lowest BCUT2D eigenvalue weighted by Gasteiger charge is -2.02. The van der Waals surface area contributed by atoms with Gasteiger partial charge in [0.25, 0.3) is 0 Å².